The Morgan fingerprint density at radius 2 is 2.00 bits per heavy atom. The summed E-state index contributed by atoms with van der Waals surface area (Å²) >= 11 is 0. The second-order valence-electron chi connectivity index (χ2n) is 3.71. The highest BCUT2D eigenvalue weighted by Crippen LogP contribution is 2.23. The molecule has 84 valence electrons. The molecule has 14 heavy (non-hydrogen) atoms. The zero-order valence-corrected chi connectivity index (χ0v) is 9.31. The zero-order valence-electron chi connectivity index (χ0n) is 8.49. The lowest BCUT2D eigenvalue weighted by molar-refractivity contribution is 0.295. The largest absolute Gasteiger partial charge is 0.330 e. The maximum absolute atomic E-state index is 11.3. The van der Waals surface area contributed by atoms with Crippen molar-refractivity contribution in [2.24, 2.45) is 11.7 Å². The van der Waals surface area contributed by atoms with Gasteiger partial charge in [0.15, 0.2) is 0 Å². The van der Waals surface area contributed by atoms with Gasteiger partial charge in [0.05, 0.1) is 0 Å². The molecule has 2 atom stereocenters. The molecule has 1 rings (SSSR count). The summed E-state index contributed by atoms with van der Waals surface area (Å²) in [6.07, 6.45) is 4.14. The summed E-state index contributed by atoms with van der Waals surface area (Å²) in [5.74, 6) is 0.284. The minimum atomic E-state index is -3.32. The van der Waals surface area contributed by atoms with Crippen LogP contribution >= 0.6 is 0 Å². The van der Waals surface area contributed by atoms with Gasteiger partial charge in [0.1, 0.15) is 0 Å². The number of nitrogens with one attached hydrogen (secondary N) is 2. The summed E-state index contributed by atoms with van der Waals surface area (Å²) < 4.78 is 27.4. The van der Waals surface area contributed by atoms with E-state index in [2.05, 4.69) is 9.44 Å². The molecule has 1 fully saturated rings. The summed E-state index contributed by atoms with van der Waals surface area (Å²) in [7, 11) is -1.91. The van der Waals surface area contributed by atoms with Gasteiger partial charge in [-0.05, 0) is 25.3 Å². The number of hydrogen-bond donors (Lipinski definition) is 3. The summed E-state index contributed by atoms with van der Waals surface area (Å²) in [6, 6.07) is 0.00574. The van der Waals surface area contributed by atoms with Gasteiger partial charge in [0.25, 0.3) is 10.2 Å². The van der Waals surface area contributed by atoms with Gasteiger partial charge in [-0.15, -0.1) is 0 Å². The lowest BCUT2D eigenvalue weighted by Crippen LogP contribution is -2.47. The Morgan fingerprint density at radius 3 is 2.57 bits per heavy atom. The summed E-state index contributed by atoms with van der Waals surface area (Å²) in [6.45, 7) is 0.552. The standard InChI is InChI=1S/C8H19N3O2S/c1-10-14(12,13)11-8-5-3-2-4-7(8)6-9/h7-8,10-11H,2-6,9H2,1H3. The van der Waals surface area contributed by atoms with Gasteiger partial charge in [-0.1, -0.05) is 12.8 Å². The molecule has 2 unspecified atom stereocenters. The van der Waals surface area contributed by atoms with E-state index in [0.717, 1.165) is 25.7 Å². The van der Waals surface area contributed by atoms with E-state index in [1.165, 1.54) is 7.05 Å². The Labute approximate surface area is 85.6 Å². The molecule has 0 aromatic rings. The molecule has 4 N–H and O–H groups in total. The molecule has 0 bridgehead atoms. The predicted octanol–water partition coefficient (Wildman–Crippen LogP) is -0.442. The van der Waals surface area contributed by atoms with E-state index in [0.29, 0.717) is 6.54 Å². The van der Waals surface area contributed by atoms with Crippen LogP contribution in [-0.2, 0) is 10.2 Å². The zero-order chi connectivity index (χ0) is 10.6. The first-order chi connectivity index (χ1) is 6.59. The maximum Gasteiger partial charge on any atom is 0.276 e. The van der Waals surface area contributed by atoms with Crippen molar-refractivity contribution in [3.8, 4) is 0 Å². The number of rotatable bonds is 4. The van der Waals surface area contributed by atoms with Crippen molar-refractivity contribution >= 4 is 10.2 Å². The van der Waals surface area contributed by atoms with Crippen LogP contribution in [0.25, 0.3) is 0 Å². The van der Waals surface area contributed by atoms with E-state index < -0.39 is 10.2 Å². The monoisotopic (exact) mass is 221 g/mol. The topological polar surface area (TPSA) is 84.2 Å². The Balaban J connectivity index is 2.57. The van der Waals surface area contributed by atoms with E-state index >= 15 is 0 Å². The second-order valence-corrected chi connectivity index (χ2v) is 5.36. The average Bonchev–Trinajstić information content (AvgIpc) is 2.18. The third-order valence-corrected chi connectivity index (χ3v) is 3.94. The third kappa shape index (κ3) is 3.20. The molecule has 0 amide bonds. The minimum Gasteiger partial charge on any atom is -0.330 e. The molecule has 5 nitrogen and oxygen atoms in total. The molecule has 0 aliphatic heterocycles. The smallest absolute Gasteiger partial charge is 0.276 e. The first-order valence-corrected chi connectivity index (χ1v) is 6.48. The lowest BCUT2D eigenvalue weighted by Gasteiger charge is -2.30. The number of nitrogens with two attached hydrogens (primary N) is 1. The fourth-order valence-corrected chi connectivity index (χ4v) is 2.73. The van der Waals surface area contributed by atoms with Gasteiger partial charge in [0.2, 0.25) is 0 Å². The summed E-state index contributed by atoms with van der Waals surface area (Å²) in [4.78, 5) is 0. The Hall–Kier alpha value is -0.170. The maximum atomic E-state index is 11.3. The molecule has 1 saturated carbocycles. The molecule has 0 spiro atoms. The molecule has 0 radical (unpaired) electrons. The highest BCUT2D eigenvalue weighted by molar-refractivity contribution is 7.87. The molecule has 0 heterocycles. The Kier molecular flexibility index (Phi) is 4.31. The molecular weight excluding hydrogens is 202 g/mol. The quantitative estimate of drug-likeness (QED) is 0.601. The van der Waals surface area contributed by atoms with Gasteiger partial charge >= 0.3 is 0 Å². The van der Waals surface area contributed by atoms with E-state index in [4.69, 9.17) is 5.73 Å². The van der Waals surface area contributed by atoms with E-state index in [-0.39, 0.29) is 12.0 Å². The van der Waals surface area contributed by atoms with Crippen LogP contribution in [0.5, 0.6) is 0 Å². The van der Waals surface area contributed by atoms with E-state index in [1.54, 1.807) is 0 Å². The molecule has 1 aliphatic carbocycles. The molecule has 1 aliphatic rings. The summed E-state index contributed by atoms with van der Waals surface area (Å²) in [5.41, 5.74) is 5.60. The predicted molar refractivity (Wildman–Crippen MR) is 55.9 cm³/mol. The molecule has 0 aromatic carbocycles. The van der Waals surface area contributed by atoms with Crippen molar-refractivity contribution < 1.29 is 8.42 Å². The van der Waals surface area contributed by atoms with Crippen molar-refractivity contribution in [2.45, 2.75) is 31.7 Å². The van der Waals surface area contributed by atoms with Crippen LogP contribution in [0.2, 0.25) is 0 Å². The van der Waals surface area contributed by atoms with Crippen molar-refractivity contribution in [3.63, 3.8) is 0 Å². The van der Waals surface area contributed by atoms with Crippen molar-refractivity contribution in [3.05, 3.63) is 0 Å². The first-order valence-electron chi connectivity index (χ1n) is 5.00. The second kappa shape index (κ2) is 5.06. The first kappa shape index (κ1) is 11.9. The molecule has 6 heteroatoms. The van der Waals surface area contributed by atoms with Gasteiger partial charge in [-0.2, -0.15) is 13.1 Å². The van der Waals surface area contributed by atoms with Gasteiger partial charge in [-0.3, -0.25) is 0 Å². The normalized spacial score (nSPS) is 29.0. The van der Waals surface area contributed by atoms with Crippen LogP contribution < -0.4 is 15.2 Å². The third-order valence-electron chi connectivity index (χ3n) is 2.79. The Bertz CT molecular complexity index is 266. The highest BCUT2D eigenvalue weighted by Gasteiger charge is 2.26. The van der Waals surface area contributed by atoms with Crippen LogP contribution in [0.15, 0.2) is 0 Å². The summed E-state index contributed by atoms with van der Waals surface area (Å²) in [5, 5.41) is 0. The van der Waals surface area contributed by atoms with Crippen LogP contribution in [0, 0.1) is 5.92 Å². The van der Waals surface area contributed by atoms with E-state index in [1.807, 2.05) is 0 Å². The number of hydrogen-bond acceptors (Lipinski definition) is 3. The van der Waals surface area contributed by atoms with Gasteiger partial charge in [-0.25, -0.2) is 4.72 Å². The SMILES string of the molecule is CNS(=O)(=O)NC1CCCCC1CN. The Morgan fingerprint density at radius 1 is 1.36 bits per heavy atom. The van der Waals surface area contributed by atoms with Crippen LogP contribution in [0.1, 0.15) is 25.7 Å². The van der Waals surface area contributed by atoms with Crippen molar-refractivity contribution in [1.29, 1.82) is 0 Å². The van der Waals surface area contributed by atoms with E-state index in [9.17, 15) is 8.42 Å². The fourth-order valence-electron chi connectivity index (χ4n) is 1.90. The van der Waals surface area contributed by atoms with Crippen LogP contribution in [-0.4, -0.2) is 28.1 Å². The highest BCUT2D eigenvalue weighted by atomic mass is 32.2. The fraction of sp³-hybridized carbons (Fsp3) is 1.00. The lowest BCUT2D eigenvalue weighted by atomic mass is 9.85. The minimum absolute atomic E-state index is 0.00574. The van der Waals surface area contributed by atoms with Gasteiger partial charge in [0, 0.05) is 13.1 Å². The van der Waals surface area contributed by atoms with Crippen molar-refractivity contribution in [1.82, 2.24) is 9.44 Å². The molecule has 0 aromatic heterocycles. The van der Waals surface area contributed by atoms with Gasteiger partial charge < -0.3 is 5.73 Å². The molecular formula is C8H19N3O2S. The van der Waals surface area contributed by atoms with Crippen LogP contribution in [0.3, 0.4) is 0 Å². The van der Waals surface area contributed by atoms with Crippen LogP contribution in [0.4, 0.5) is 0 Å². The average molecular weight is 221 g/mol. The molecule has 0 saturated heterocycles. The van der Waals surface area contributed by atoms with Crippen molar-refractivity contribution in [2.75, 3.05) is 13.6 Å².